The molecular formula is C30H26. The maximum absolute atomic E-state index is 2.46. The SMILES string of the molecule is CC(C1=c2ccccc2=C2C=CC=CC21)C(C)C1c2ccccc2-c2ccccc21. The van der Waals surface area contributed by atoms with E-state index in [1.54, 1.807) is 5.57 Å². The summed E-state index contributed by atoms with van der Waals surface area (Å²) in [5.74, 6) is 1.85. The molecule has 146 valence electrons. The van der Waals surface area contributed by atoms with Crippen LogP contribution in [-0.4, -0.2) is 0 Å². The molecule has 3 aromatic rings. The summed E-state index contributed by atoms with van der Waals surface area (Å²) in [5, 5.41) is 2.87. The van der Waals surface area contributed by atoms with Crippen LogP contribution >= 0.6 is 0 Å². The molecule has 3 atom stereocenters. The molecule has 0 saturated carbocycles. The summed E-state index contributed by atoms with van der Waals surface area (Å²) >= 11 is 0. The van der Waals surface area contributed by atoms with Crippen LogP contribution in [-0.2, 0) is 0 Å². The minimum absolute atomic E-state index is 0.414. The first-order chi connectivity index (χ1) is 14.8. The maximum atomic E-state index is 2.46. The Bertz CT molecular complexity index is 1290. The molecule has 0 aliphatic heterocycles. The first-order valence-corrected chi connectivity index (χ1v) is 11.1. The van der Waals surface area contributed by atoms with E-state index in [0.717, 1.165) is 0 Å². The van der Waals surface area contributed by atoms with Gasteiger partial charge >= 0.3 is 0 Å². The minimum Gasteiger partial charge on any atom is -0.0729 e. The van der Waals surface area contributed by atoms with Crippen LogP contribution in [0.3, 0.4) is 0 Å². The van der Waals surface area contributed by atoms with Gasteiger partial charge in [-0.2, -0.15) is 0 Å². The lowest BCUT2D eigenvalue weighted by atomic mass is 9.72. The third kappa shape index (κ3) is 2.40. The van der Waals surface area contributed by atoms with Crippen molar-refractivity contribution in [1.82, 2.24) is 0 Å². The summed E-state index contributed by atoms with van der Waals surface area (Å²) in [4.78, 5) is 0. The van der Waals surface area contributed by atoms with Crippen LogP contribution in [0.5, 0.6) is 0 Å². The van der Waals surface area contributed by atoms with E-state index in [4.69, 9.17) is 0 Å². The highest BCUT2D eigenvalue weighted by molar-refractivity contribution is 5.82. The normalized spacial score (nSPS) is 20.5. The van der Waals surface area contributed by atoms with Crippen molar-refractivity contribution in [3.8, 4) is 11.1 Å². The fourth-order valence-corrected chi connectivity index (χ4v) is 6.09. The molecule has 0 aromatic heterocycles. The fraction of sp³-hybridized carbons (Fsp3) is 0.200. The number of fused-ring (bicyclic) bond motifs is 5. The lowest BCUT2D eigenvalue weighted by Crippen LogP contribution is -2.27. The lowest BCUT2D eigenvalue weighted by Gasteiger charge is -2.32. The third-order valence-corrected chi connectivity index (χ3v) is 7.60. The molecule has 3 aliphatic rings. The van der Waals surface area contributed by atoms with E-state index < -0.39 is 0 Å². The van der Waals surface area contributed by atoms with E-state index in [0.29, 0.717) is 23.7 Å². The zero-order valence-corrected chi connectivity index (χ0v) is 17.5. The Morgan fingerprint density at radius 2 is 1.27 bits per heavy atom. The zero-order valence-electron chi connectivity index (χ0n) is 17.5. The molecule has 0 saturated heterocycles. The number of benzene rings is 3. The number of hydrogen-bond donors (Lipinski definition) is 0. The second kappa shape index (κ2) is 6.71. The quantitative estimate of drug-likeness (QED) is 0.531. The molecule has 0 bridgehead atoms. The van der Waals surface area contributed by atoms with Crippen LogP contribution in [0.1, 0.15) is 30.9 Å². The smallest absolute Gasteiger partial charge is 0.0249 e. The molecule has 0 nitrogen and oxygen atoms in total. The van der Waals surface area contributed by atoms with Crippen LogP contribution < -0.4 is 10.4 Å². The summed E-state index contributed by atoms with van der Waals surface area (Å²) < 4.78 is 0. The molecule has 30 heavy (non-hydrogen) atoms. The topological polar surface area (TPSA) is 0 Å². The molecule has 0 N–H and O–H groups in total. The molecule has 0 fully saturated rings. The van der Waals surface area contributed by atoms with Gasteiger partial charge in [-0.15, -0.1) is 0 Å². The molecule has 3 unspecified atom stereocenters. The molecule has 3 aromatic carbocycles. The van der Waals surface area contributed by atoms with E-state index >= 15 is 0 Å². The Morgan fingerprint density at radius 3 is 1.97 bits per heavy atom. The summed E-state index contributed by atoms with van der Waals surface area (Å²) in [6.07, 6.45) is 9.11. The molecule has 0 radical (unpaired) electrons. The van der Waals surface area contributed by atoms with Crippen LogP contribution in [0.4, 0.5) is 0 Å². The van der Waals surface area contributed by atoms with Gasteiger partial charge in [0.25, 0.3) is 0 Å². The van der Waals surface area contributed by atoms with E-state index in [1.807, 2.05) is 0 Å². The molecular weight excluding hydrogens is 360 g/mol. The van der Waals surface area contributed by atoms with Crippen molar-refractivity contribution in [2.45, 2.75) is 19.8 Å². The Balaban J connectivity index is 1.50. The summed E-state index contributed by atoms with van der Waals surface area (Å²) in [5.41, 5.74) is 8.88. The highest BCUT2D eigenvalue weighted by Crippen LogP contribution is 2.51. The molecule has 0 amide bonds. The van der Waals surface area contributed by atoms with Crippen molar-refractivity contribution in [2.75, 3.05) is 0 Å². The zero-order chi connectivity index (χ0) is 20.2. The summed E-state index contributed by atoms with van der Waals surface area (Å²) in [6, 6.07) is 27.0. The maximum Gasteiger partial charge on any atom is 0.0249 e. The Morgan fingerprint density at radius 1 is 0.667 bits per heavy atom. The van der Waals surface area contributed by atoms with Crippen LogP contribution in [0.15, 0.2) is 97.1 Å². The lowest BCUT2D eigenvalue weighted by molar-refractivity contribution is 0.418. The van der Waals surface area contributed by atoms with Gasteiger partial charge in [0.05, 0.1) is 0 Å². The van der Waals surface area contributed by atoms with Gasteiger partial charge in [-0.25, -0.2) is 0 Å². The van der Waals surface area contributed by atoms with E-state index in [2.05, 4.69) is 111 Å². The van der Waals surface area contributed by atoms with Crippen LogP contribution in [0, 0.1) is 17.8 Å². The second-order valence-corrected chi connectivity index (χ2v) is 8.98. The standard InChI is InChI=1S/C30H26/c1-19(29-25-15-7-3-11-21(25)22-12-4-8-16-26(22)29)20(2)30-27-17-9-5-13-23(27)24-14-6-10-18-28(24)30/h3-20,25,30H,1-2H3. The van der Waals surface area contributed by atoms with Gasteiger partial charge in [-0.05, 0) is 55.7 Å². The largest absolute Gasteiger partial charge is 0.0729 e. The van der Waals surface area contributed by atoms with E-state index in [1.165, 1.54) is 38.3 Å². The predicted molar refractivity (Wildman–Crippen MR) is 126 cm³/mol. The van der Waals surface area contributed by atoms with Gasteiger partial charge in [0.15, 0.2) is 0 Å². The van der Waals surface area contributed by atoms with Gasteiger partial charge in [0.2, 0.25) is 0 Å². The van der Waals surface area contributed by atoms with Crippen molar-refractivity contribution in [3.63, 3.8) is 0 Å². The van der Waals surface area contributed by atoms with Gasteiger partial charge < -0.3 is 0 Å². The van der Waals surface area contributed by atoms with Crippen molar-refractivity contribution in [2.24, 2.45) is 17.8 Å². The number of hydrogen-bond acceptors (Lipinski definition) is 0. The molecule has 0 spiro atoms. The van der Waals surface area contributed by atoms with Gasteiger partial charge in [-0.1, -0.05) is 111 Å². The average molecular weight is 387 g/mol. The minimum atomic E-state index is 0.414. The van der Waals surface area contributed by atoms with Gasteiger partial charge in [0.1, 0.15) is 0 Å². The summed E-state index contributed by atoms with van der Waals surface area (Å²) in [6.45, 7) is 4.92. The molecule has 3 aliphatic carbocycles. The monoisotopic (exact) mass is 386 g/mol. The molecule has 0 heterocycles. The van der Waals surface area contributed by atoms with E-state index in [9.17, 15) is 0 Å². The van der Waals surface area contributed by atoms with Gasteiger partial charge in [0, 0.05) is 11.8 Å². The Labute approximate surface area is 178 Å². The predicted octanol–water partition coefficient (Wildman–Crippen LogP) is 5.83. The third-order valence-electron chi connectivity index (χ3n) is 7.60. The van der Waals surface area contributed by atoms with Crippen molar-refractivity contribution >= 4 is 11.1 Å². The van der Waals surface area contributed by atoms with Crippen molar-refractivity contribution < 1.29 is 0 Å². The fourth-order valence-electron chi connectivity index (χ4n) is 6.09. The number of allylic oxidation sites excluding steroid dienone is 4. The van der Waals surface area contributed by atoms with E-state index in [-0.39, 0.29) is 0 Å². The van der Waals surface area contributed by atoms with Crippen LogP contribution in [0.2, 0.25) is 0 Å². The average Bonchev–Trinajstić information content (AvgIpc) is 3.31. The Kier molecular flexibility index (Phi) is 3.96. The van der Waals surface area contributed by atoms with Gasteiger partial charge in [-0.3, -0.25) is 0 Å². The van der Waals surface area contributed by atoms with Crippen molar-refractivity contribution in [3.05, 3.63) is 119 Å². The first kappa shape index (κ1) is 17.7. The Hall–Kier alpha value is -3.12. The highest BCUT2D eigenvalue weighted by Gasteiger charge is 2.37. The highest BCUT2D eigenvalue weighted by atomic mass is 14.4. The second-order valence-electron chi connectivity index (χ2n) is 8.98. The first-order valence-electron chi connectivity index (χ1n) is 11.1. The number of rotatable bonds is 3. The molecule has 6 rings (SSSR count). The van der Waals surface area contributed by atoms with Crippen molar-refractivity contribution in [1.29, 1.82) is 0 Å². The summed E-state index contributed by atoms with van der Waals surface area (Å²) in [7, 11) is 0. The molecule has 0 heteroatoms. The van der Waals surface area contributed by atoms with Crippen LogP contribution in [0.25, 0.3) is 22.3 Å².